The zero-order chi connectivity index (χ0) is 19.9. The summed E-state index contributed by atoms with van der Waals surface area (Å²) in [5.74, 6) is -0.992. The van der Waals surface area contributed by atoms with Crippen LogP contribution in [0.4, 0.5) is 0 Å². The standard InChI is InChI=1S/C21H21BrO6/c1-25-18-12-16(27-20(23)14-8-4-2-5-9-14)19(17(13-22)26-18)28-21(24)15-10-6-3-7-11-15/h2-11,16-19H,12-13H2,1H3/t16-,17+,18+,19+/m1/s1. The lowest BCUT2D eigenvalue weighted by molar-refractivity contribution is -0.235. The molecule has 1 aliphatic rings. The fourth-order valence-electron chi connectivity index (χ4n) is 2.98. The van der Waals surface area contributed by atoms with Gasteiger partial charge >= 0.3 is 11.9 Å². The number of hydrogen-bond donors (Lipinski definition) is 0. The molecule has 1 heterocycles. The van der Waals surface area contributed by atoms with Gasteiger partial charge in [0.2, 0.25) is 0 Å². The Balaban J connectivity index is 1.79. The summed E-state index contributed by atoms with van der Waals surface area (Å²) in [5.41, 5.74) is 0.837. The average Bonchev–Trinajstić information content (AvgIpc) is 2.75. The van der Waals surface area contributed by atoms with Gasteiger partial charge in [-0.25, -0.2) is 9.59 Å². The van der Waals surface area contributed by atoms with Crippen LogP contribution >= 0.6 is 15.9 Å². The first kappa shape index (κ1) is 20.5. The van der Waals surface area contributed by atoms with E-state index in [0.717, 1.165) is 0 Å². The van der Waals surface area contributed by atoms with Gasteiger partial charge in [0.25, 0.3) is 0 Å². The predicted octanol–water partition coefficient (Wildman–Crippen LogP) is 3.59. The second-order valence-corrected chi connectivity index (χ2v) is 6.92. The summed E-state index contributed by atoms with van der Waals surface area (Å²) in [7, 11) is 1.52. The molecular formula is C21H21BrO6. The molecule has 4 atom stereocenters. The molecule has 1 saturated heterocycles. The van der Waals surface area contributed by atoms with Crippen LogP contribution in [-0.4, -0.2) is 49.0 Å². The first-order chi connectivity index (χ1) is 13.6. The molecule has 0 radical (unpaired) electrons. The lowest BCUT2D eigenvalue weighted by Crippen LogP contribution is -2.53. The number of hydrogen-bond acceptors (Lipinski definition) is 6. The number of carbonyl (C=O) groups is 2. The third-order valence-corrected chi connectivity index (χ3v) is 5.06. The molecule has 0 aliphatic carbocycles. The van der Waals surface area contributed by atoms with Crippen molar-refractivity contribution >= 4 is 27.9 Å². The minimum Gasteiger partial charge on any atom is -0.455 e. The van der Waals surface area contributed by atoms with Crippen molar-refractivity contribution in [2.45, 2.75) is 31.0 Å². The molecule has 0 aromatic heterocycles. The number of rotatable bonds is 6. The third kappa shape index (κ3) is 4.98. The largest absolute Gasteiger partial charge is 0.455 e. The number of benzene rings is 2. The number of halogens is 1. The summed E-state index contributed by atoms with van der Waals surface area (Å²) >= 11 is 3.38. The highest BCUT2D eigenvalue weighted by Crippen LogP contribution is 2.28. The van der Waals surface area contributed by atoms with Crippen molar-refractivity contribution < 1.29 is 28.5 Å². The van der Waals surface area contributed by atoms with Crippen molar-refractivity contribution in [2.75, 3.05) is 12.4 Å². The summed E-state index contributed by atoms with van der Waals surface area (Å²) in [6.07, 6.45) is -2.32. The lowest BCUT2D eigenvalue weighted by Gasteiger charge is -2.39. The molecule has 0 saturated carbocycles. The van der Waals surface area contributed by atoms with E-state index in [1.807, 2.05) is 12.1 Å². The molecule has 28 heavy (non-hydrogen) atoms. The van der Waals surface area contributed by atoms with Gasteiger partial charge in [0.1, 0.15) is 12.2 Å². The third-order valence-electron chi connectivity index (χ3n) is 4.42. The van der Waals surface area contributed by atoms with E-state index in [1.165, 1.54) is 7.11 Å². The molecule has 0 unspecified atom stereocenters. The topological polar surface area (TPSA) is 71.1 Å². The normalized spacial score (nSPS) is 24.4. The summed E-state index contributed by atoms with van der Waals surface area (Å²) in [5, 5.41) is 0.388. The van der Waals surface area contributed by atoms with Crippen LogP contribution in [0.1, 0.15) is 27.1 Å². The van der Waals surface area contributed by atoms with E-state index in [2.05, 4.69) is 15.9 Å². The van der Waals surface area contributed by atoms with E-state index in [0.29, 0.717) is 16.5 Å². The van der Waals surface area contributed by atoms with E-state index in [9.17, 15) is 9.59 Å². The maximum Gasteiger partial charge on any atom is 0.338 e. The SMILES string of the molecule is CO[C@@H]1C[C@@H](OC(=O)c2ccccc2)[C@H](OC(=O)c2ccccc2)[C@H](CBr)O1. The Morgan fingerprint density at radius 1 is 0.964 bits per heavy atom. The highest BCUT2D eigenvalue weighted by molar-refractivity contribution is 9.09. The highest BCUT2D eigenvalue weighted by atomic mass is 79.9. The number of ether oxygens (including phenoxy) is 4. The molecule has 0 N–H and O–H groups in total. The fourth-order valence-corrected chi connectivity index (χ4v) is 3.50. The second kappa shape index (κ2) is 9.82. The van der Waals surface area contributed by atoms with Crippen LogP contribution in [0.5, 0.6) is 0 Å². The summed E-state index contributed by atoms with van der Waals surface area (Å²) < 4.78 is 22.5. The van der Waals surface area contributed by atoms with Gasteiger partial charge in [-0.05, 0) is 24.3 Å². The Labute approximate surface area is 171 Å². The molecule has 1 aliphatic heterocycles. The van der Waals surface area contributed by atoms with E-state index in [1.54, 1.807) is 48.5 Å². The Hall–Kier alpha value is -2.22. The minimum absolute atomic E-state index is 0.255. The van der Waals surface area contributed by atoms with E-state index < -0.39 is 36.5 Å². The molecule has 2 aromatic carbocycles. The number of carbonyl (C=O) groups excluding carboxylic acids is 2. The Kier molecular flexibility index (Phi) is 7.19. The quantitative estimate of drug-likeness (QED) is 0.496. The highest BCUT2D eigenvalue weighted by Gasteiger charge is 2.43. The van der Waals surface area contributed by atoms with Crippen molar-refractivity contribution in [3.63, 3.8) is 0 Å². The van der Waals surface area contributed by atoms with Crippen molar-refractivity contribution in [3.8, 4) is 0 Å². The average molecular weight is 449 g/mol. The van der Waals surface area contributed by atoms with E-state index >= 15 is 0 Å². The maximum absolute atomic E-state index is 12.6. The van der Waals surface area contributed by atoms with Crippen LogP contribution < -0.4 is 0 Å². The molecular weight excluding hydrogens is 428 g/mol. The minimum atomic E-state index is -0.772. The molecule has 148 valence electrons. The summed E-state index contributed by atoms with van der Waals surface area (Å²) in [6, 6.07) is 17.3. The van der Waals surface area contributed by atoms with Crippen LogP contribution in [0.25, 0.3) is 0 Å². The molecule has 7 heteroatoms. The molecule has 3 rings (SSSR count). The maximum atomic E-state index is 12.6. The van der Waals surface area contributed by atoms with Crippen LogP contribution in [-0.2, 0) is 18.9 Å². The number of esters is 2. The molecule has 0 bridgehead atoms. The zero-order valence-corrected chi connectivity index (χ0v) is 16.9. The zero-order valence-electron chi connectivity index (χ0n) is 15.3. The number of methoxy groups -OCH3 is 1. The molecule has 6 nitrogen and oxygen atoms in total. The van der Waals surface area contributed by atoms with Gasteiger partial charge in [0.05, 0.1) is 11.1 Å². The van der Waals surface area contributed by atoms with E-state index in [4.69, 9.17) is 18.9 Å². The van der Waals surface area contributed by atoms with Crippen molar-refractivity contribution in [3.05, 3.63) is 71.8 Å². The summed E-state index contributed by atoms with van der Waals surface area (Å²) in [4.78, 5) is 25.1. The molecule has 2 aromatic rings. The van der Waals surface area contributed by atoms with Crippen molar-refractivity contribution in [1.29, 1.82) is 0 Å². The van der Waals surface area contributed by atoms with E-state index in [-0.39, 0.29) is 6.42 Å². The van der Waals surface area contributed by atoms with Gasteiger partial charge in [-0.2, -0.15) is 0 Å². The second-order valence-electron chi connectivity index (χ2n) is 6.28. The smallest absolute Gasteiger partial charge is 0.338 e. The Morgan fingerprint density at radius 3 is 2.00 bits per heavy atom. The Morgan fingerprint density at radius 2 is 1.50 bits per heavy atom. The first-order valence-electron chi connectivity index (χ1n) is 8.88. The van der Waals surface area contributed by atoms with Crippen LogP contribution in [0, 0.1) is 0 Å². The van der Waals surface area contributed by atoms with Crippen LogP contribution in [0.2, 0.25) is 0 Å². The van der Waals surface area contributed by atoms with Crippen LogP contribution in [0.15, 0.2) is 60.7 Å². The Bertz CT molecular complexity index is 782. The van der Waals surface area contributed by atoms with Crippen molar-refractivity contribution in [2.24, 2.45) is 0 Å². The van der Waals surface area contributed by atoms with Gasteiger partial charge in [0.15, 0.2) is 12.4 Å². The number of alkyl halides is 1. The van der Waals surface area contributed by atoms with Gasteiger partial charge in [-0.3, -0.25) is 0 Å². The predicted molar refractivity (Wildman–Crippen MR) is 105 cm³/mol. The molecule has 0 spiro atoms. The van der Waals surface area contributed by atoms with Crippen LogP contribution in [0.3, 0.4) is 0 Å². The van der Waals surface area contributed by atoms with Gasteiger partial charge in [-0.15, -0.1) is 0 Å². The molecule has 1 fully saturated rings. The van der Waals surface area contributed by atoms with Gasteiger partial charge < -0.3 is 18.9 Å². The van der Waals surface area contributed by atoms with Crippen molar-refractivity contribution in [1.82, 2.24) is 0 Å². The van der Waals surface area contributed by atoms with Gasteiger partial charge in [0, 0.05) is 18.9 Å². The monoisotopic (exact) mass is 448 g/mol. The first-order valence-corrected chi connectivity index (χ1v) is 10.0. The summed E-state index contributed by atoms with van der Waals surface area (Å²) in [6.45, 7) is 0. The fraction of sp³-hybridized carbons (Fsp3) is 0.333. The van der Waals surface area contributed by atoms with Gasteiger partial charge in [-0.1, -0.05) is 52.3 Å². The molecule has 0 amide bonds. The lowest BCUT2D eigenvalue weighted by atomic mass is 10.0.